The molecule has 0 bridgehead atoms. The minimum atomic E-state index is -0.380. The van der Waals surface area contributed by atoms with E-state index in [1.54, 1.807) is 38.6 Å². The molecule has 1 aromatic heterocycles. The monoisotopic (exact) mass is 381 g/mol. The number of aromatic nitrogens is 1. The average molecular weight is 381 g/mol. The Morgan fingerprint density at radius 1 is 1.07 bits per heavy atom. The van der Waals surface area contributed by atoms with Gasteiger partial charge >= 0.3 is 0 Å². The lowest BCUT2D eigenvalue weighted by Crippen LogP contribution is -2.18. The van der Waals surface area contributed by atoms with E-state index in [9.17, 15) is 4.79 Å². The number of rotatable bonds is 5. The predicted octanol–water partition coefficient (Wildman–Crippen LogP) is 2.72. The number of amides is 1. The number of H-pyrrole nitrogens is 1. The summed E-state index contributed by atoms with van der Waals surface area (Å²) >= 11 is 0. The predicted molar refractivity (Wildman–Crippen MR) is 104 cm³/mol. The molecule has 3 aromatic rings. The first-order valence-corrected chi connectivity index (χ1v) is 8.66. The second-order valence-corrected chi connectivity index (χ2v) is 6.04. The normalized spacial score (nSPS) is 12.9. The lowest BCUT2D eigenvalue weighted by Gasteiger charge is -2.18. The molecule has 144 valence electrons. The molecule has 1 aliphatic rings. The molecule has 8 nitrogen and oxygen atoms in total. The van der Waals surface area contributed by atoms with Crippen molar-refractivity contribution in [1.29, 1.82) is 0 Å². The fourth-order valence-electron chi connectivity index (χ4n) is 3.00. The van der Waals surface area contributed by atoms with Crippen molar-refractivity contribution in [1.82, 2.24) is 10.4 Å². The van der Waals surface area contributed by atoms with Gasteiger partial charge in [-0.25, -0.2) is 5.43 Å². The number of carbonyl (C=O) groups is 1. The molecule has 4 rings (SSSR count). The van der Waals surface area contributed by atoms with Crippen LogP contribution in [0.2, 0.25) is 0 Å². The molecule has 28 heavy (non-hydrogen) atoms. The van der Waals surface area contributed by atoms with Gasteiger partial charge in [-0.1, -0.05) is 0 Å². The van der Waals surface area contributed by atoms with Crippen LogP contribution in [-0.2, 0) is 0 Å². The summed E-state index contributed by atoms with van der Waals surface area (Å²) in [5.74, 6) is 2.25. The van der Waals surface area contributed by atoms with Crippen LogP contribution in [0.3, 0.4) is 0 Å². The summed E-state index contributed by atoms with van der Waals surface area (Å²) in [4.78, 5) is 15.5. The van der Waals surface area contributed by atoms with Gasteiger partial charge in [0, 0.05) is 5.39 Å². The van der Waals surface area contributed by atoms with Crippen LogP contribution in [0.5, 0.6) is 23.0 Å². The van der Waals surface area contributed by atoms with E-state index in [4.69, 9.17) is 18.9 Å². The minimum absolute atomic E-state index is 0.345. The highest BCUT2D eigenvalue weighted by atomic mass is 16.6. The molecule has 2 aromatic carbocycles. The molecule has 0 fully saturated rings. The molecule has 0 radical (unpaired) electrons. The SMILES string of the molecule is COc1ccc(OC)c2[nH]c(C(=O)N/N=C\c3ccc4c(c3)OCCO4)cc12. The molecule has 0 saturated carbocycles. The summed E-state index contributed by atoms with van der Waals surface area (Å²) in [7, 11) is 3.14. The summed E-state index contributed by atoms with van der Waals surface area (Å²) in [6, 6.07) is 10.7. The van der Waals surface area contributed by atoms with Gasteiger partial charge in [-0.3, -0.25) is 4.79 Å². The van der Waals surface area contributed by atoms with Crippen molar-refractivity contribution in [2.75, 3.05) is 27.4 Å². The lowest BCUT2D eigenvalue weighted by molar-refractivity contribution is 0.0951. The highest BCUT2D eigenvalue weighted by Crippen LogP contribution is 2.33. The number of aromatic amines is 1. The van der Waals surface area contributed by atoms with Crippen molar-refractivity contribution in [2.45, 2.75) is 0 Å². The number of benzene rings is 2. The van der Waals surface area contributed by atoms with Crippen LogP contribution in [0.25, 0.3) is 10.9 Å². The Balaban J connectivity index is 1.51. The molecule has 2 heterocycles. The largest absolute Gasteiger partial charge is 0.496 e. The van der Waals surface area contributed by atoms with Gasteiger partial charge < -0.3 is 23.9 Å². The Bertz CT molecular complexity index is 1020. The number of ether oxygens (including phenoxy) is 4. The summed E-state index contributed by atoms with van der Waals surface area (Å²) in [5, 5.41) is 4.77. The van der Waals surface area contributed by atoms with Crippen LogP contribution in [0.1, 0.15) is 16.1 Å². The average Bonchev–Trinajstić information content (AvgIpc) is 3.18. The molecule has 8 heteroatoms. The third-order valence-electron chi connectivity index (χ3n) is 4.35. The van der Waals surface area contributed by atoms with E-state index < -0.39 is 0 Å². The van der Waals surface area contributed by atoms with E-state index in [1.165, 1.54) is 0 Å². The zero-order valence-electron chi connectivity index (χ0n) is 15.4. The fourth-order valence-corrected chi connectivity index (χ4v) is 3.00. The Hall–Kier alpha value is -3.68. The summed E-state index contributed by atoms with van der Waals surface area (Å²) in [6.07, 6.45) is 1.54. The number of carbonyl (C=O) groups excluding carboxylic acids is 1. The second kappa shape index (κ2) is 7.51. The molecule has 0 atom stereocenters. The van der Waals surface area contributed by atoms with Crippen molar-refractivity contribution in [2.24, 2.45) is 5.10 Å². The van der Waals surface area contributed by atoms with Crippen LogP contribution in [0.4, 0.5) is 0 Å². The molecule has 1 aliphatic heterocycles. The first-order valence-electron chi connectivity index (χ1n) is 8.66. The zero-order valence-corrected chi connectivity index (χ0v) is 15.4. The van der Waals surface area contributed by atoms with Crippen LogP contribution >= 0.6 is 0 Å². The summed E-state index contributed by atoms with van der Waals surface area (Å²) in [5.41, 5.74) is 4.32. The number of nitrogens with one attached hydrogen (secondary N) is 2. The smallest absolute Gasteiger partial charge is 0.287 e. The van der Waals surface area contributed by atoms with Gasteiger partial charge in [-0.2, -0.15) is 5.10 Å². The van der Waals surface area contributed by atoms with E-state index in [-0.39, 0.29) is 5.91 Å². The van der Waals surface area contributed by atoms with Gasteiger partial charge in [-0.15, -0.1) is 0 Å². The van der Waals surface area contributed by atoms with Gasteiger partial charge in [-0.05, 0) is 42.0 Å². The topological polar surface area (TPSA) is 94.2 Å². The number of hydrogen-bond donors (Lipinski definition) is 2. The van der Waals surface area contributed by atoms with E-state index in [0.717, 1.165) is 10.9 Å². The van der Waals surface area contributed by atoms with Crippen molar-refractivity contribution < 1.29 is 23.7 Å². The Morgan fingerprint density at radius 2 is 1.82 bits per heavy atom. The van der Waals surface area contributed by atoms with E-state index in [0.29, 0.717) is 47.4 Å². The van der Waals surface area contributed by atoms with Crippen molar-refractivity contribution >= 4 is 23.0 Å². The molecule has 0 spiro atoms. The highest BCUT2D eigenvalue weighted by Gasteiger charge is 2.15. The maximum Gasteiger partial charge on any atom is 0.287 e. The van der Waals surface area contributed by atoms with Crippen molar-refractivity contribution in [3.63, 3.8) is 0 Å². The molecule has 0 saturated heterocycles. The number of fused-ring (bicyclic) bond motifs is 2. The quantitative estimate of drug-likeness (QED) is 0.524. The van der Waals surface area contributed by atoms with Crippen LogP contribution in [0, 0.1) is 0 Å². The standard InChI is InChI=1S/C20H19N3O5/c1-25-15-5-6-17(26-2)19-13(15)10-14(22-19)20(24)23-21-11-12-3-4-16-18(9-12)28-8-7-27-16/h3-6,9-11,22H,7-8H2,1-2H3,(H,23,24)/b21-11-. The van der Waals surface area contributed by atoms with Gasteiger partial charge in [0.1, 0.15) is 30.4 Å². The van der Waals surface area contributed by atoms with E-state index >= 15 is 0 Å². The summed E-state index contributed by atoms with van der Waals surface area (Å²) in [6.45, 7) is 1.05. The first-order chi connectivity index (χ1) is 13.7. The third-order valence-corrected chi connectivity index (χ3v) is 4.35. The Morgan fingerprint density at radius 3 is 2.61 bits per heavy atom. The maximum absolute atomic E-state index is 12.5. The molecular weight excluding hydrogens is 362 g/mol. The Labute approximate surface area is 161 Å². The van der Waals surface area contributed by atoms with Crippen LogP contribution in [0.15, 0.2) is 41.5 Å². The minimum Gasteiger partial charge on any atom is -0.496 e. The molecular formula is C20H19N3O5. The zero-order chi connectivity index (χ0) is 19.5. The first kappa shape index (κ1) is 17.7. The number of nitrogens with zero attached hydrogens (tertiary/aromatic N) is 1. The number of methoxy groups -OCH3 is 2. The lowest BCUT2D eigenvalue weighted by atomic mass is 10.2. The fraction of sp³-hybridized carbons (Fsp3) is 0.200. The number of hydrazone groups is 1. The molecule has 1 amide bonds. The van der Waals surface area contributed by atoms with Gasteiger partial charge in [0.2, 0.25) is 0 Å². The molecule has 0 aliphatic carbocycles. The van der Waals surface area contributed by atoms with E-state index in [2.05, 4.69) is 15.5 Å². The maximum atomic E-state index is 12.5. The highest BCUT2D eigenvalue weighted by molar-refractivity contribution is 6.01. The van der Waals surface area contributed by atoms with Crippen molar-refractivity contribution in [3.8, 4) is 23.0 Å². The van der Waals surface area contributed by atoms with Gasteiger partial charge in [0.25, 0.3) is 5.91 Å². The van der Waals surface area contributed by atoms with Crippen LogP contribution < -0.4 is 24.4 Å². The van der Waals surface area contributed by atoms with Gasteiger partial charge in [0.15, 0.2) is 11.5 Å². The number of hydrogen-bond acceptors (Lipinski definition) is 6. The van der Waals surface area contributed by atoms with Crippen LogP contribution in [-0.4, -0.2) is 44.5 Å². The van der Waals surface area contributed by atoms with Crippen molar-refractivity contribution in [3.05, 3.63) is 47.7 Å². The molecule has 2 N–H and O–H groups in total. The van der Waals surface area contributed by atoms with Gasteiger partial charge in [0.05, 0.1) is 26.0 Å². The summed E-state index contributed by atoms with van der Waals surface area (Å²) < 4.78 is 21.7. The Kier molecular flexibility index (Phi) is 4.76. The second-order valence-electron chi connectivity index (χ2n) is 6.04. The van der Waals surface area contributed by atoms with E-state index in [1.807, 2.05) is 18.2 Å². The third kappa shape index (κ3) is 3.32. The molecule has 0 unspecified atom stereocenters.